The zero-order chi connectivity index (χ0) is 15.6. The van der Waals surface area contributed by atoms with Gasteiger partial charge >= 0.3 is 0 Å². The number of rotatable bonds is 3. The Labute approximate surface area is 122 Å². The molecule has 7 nitrogen and oxygen atoms in total. The highest BCUT2D eigenvalue weighted by molar-refractivity contribution is 5.95. The van der Waals surface area contributed by atoms with Crippen LogP contribution in [-0.2, 0) is 4.79 Å². The fraction of sp³-hybridized carbons (Fsp3) is 0.571. The Hall–Kier alpha value is -2.18. The summed E-state index contributed by atoms with van der Waals surface area (Å²) >= 11 is 0. The fourth-order valence-electron chi connectivity index (χ4n) is 2.26. The van der Waals surface area contributed by atoms with Crippen LogP contribution in [0.2, 0.25) is 0 Å². The third-order valence-corrected chi connectivity index (χ3v) is 3.49. The summed E-state index contributed by atoms with van der Waals surface area (Å²) in [6.45, 7) is 5.88. The van der Waals surface area contributed by atoms with Crippen molar-refractivity contribution < 1.29 is 9.59 Å². The van der Waals surface area contributed by atoms with Crippen LogP contribution in [0.1, 0.15) is 54.5 Å². The van der Waals surface area contributed by atoms with Crippen LogP contribution in [0.4, 0.5) is 0 Å². The quantitative estimate of drug-likeness (QED) is 0.740. The maximum Gasteiger partial charge on any atom is 0.264 e. The van der Waals surface area contributed by atoms with Crippen LogP contribution in [0.3, 0.4) is 0 Å². The van der Waals surface area contributed by atoms with E-state index in [1.54, 1.807) is 6.92 Å². The van der Waals surface area contributed by atoms with Gasteiger partial charge in [-0.1, -0.05) is 13.8 Å². The average Bonchev–Trinajstić information content (AvgIpc) is 2.40. The summed E-state index contributed by atoms with van der Waals surface area (Å²) < 4.78 is 0. The van der Waals surface area contributed by atoms with Crippen LogP contribution in [0.5, 0.6) is 0 Å². The number of hydrogen-bond acceptors (Lipinski definition) is 4. The molecule has 21 heavy (non-hydrogen) atoms. The van der Waals surface area contributed by atoms with Crippen molar-refractivity contribution in [3.05, 3.63) is 27.4 Å². The Morgan fingerprint density at radius 1 is 1.38 bits per heavy atom. The zero-order valence-corrected chi connectivity index (χ0v) is 12.4. The topological polar surface area (TPSA) is 104 Å². The number of aromatic amines is 1. The molecule has 3 N–H and O–H groups in total. The van der Waals surface area contributed by atoms with Gasteiger partial charge in [0.05, 0.1) is 5.69 Å². The van der Waals surface area contributed by atoms with Crippen molar-refractivity contribution in [2.24, 2.45) is 0 Å². The van der Waals surface area contributed by atoms with Gasteiger partial charge in [-0.05, 0) is 13.3 Å². The van der Waals surface area contributed by atoms with E-state index in [2.05, 4.69) is 20.6 Å². The van der Waals surface area contributed by atoms with Crippen LogP contribution in [0, 0.1) is 6.92 Å². The van der Waals surface area contributed by atoms with Gasteiger partial charge in [0.2, 0.25) is 5.91 Å². The van der Waals surface area contributed by atoms with Gasteiger partial charge in [0.15, 0.2) is 0 Å². The Balaban J connectivity index is 2.16. The fourth-order valence-corrected chi connectivity index (χ4v) is 2.26. The highest BCUT2D eigenvalue weighted by Gasteiger charge is 2.23. The first-order chi connectivity index (χ1) is 9.88. The predicted octanol–water partition coefficient (Wildman–Crippen LogP) is 0.210. The minimum Gasteiger partial charge on any atom is -0.354 e. The maximum atomic E-state index is 12.2. The van der Waals surface area contributed by atoms with Crippen molar-refractivity contribution in [2.75, 3.05) is 6.54 Å². The lowest BCUT2D eigenvalue weighted by Crippen LogP contribution is -2.48. The summed E-state index contributed by atoms with van der Waals surface area (Å²) in [5, 5.41) is 5.46. The number of aromatic nitrogens is 2. The number of nitrogens with zero attached hydrogens (tertiary/aromatic N) is 1. The molecule has 1 unspecified atom stereocenters. The molecule has 7 heteroatoms. The summed E-state index contributed by atoms with van der Waals surface area (Å²) in [6, 6.07) is -0.154. The van der Waals surface area contributed by atoms with Crippen molar-refractivity contribution in [3.8, 4) is 0 Å². The normalized spacial score (nSPS) is 18.5. The maximum absolute atomic E-state index is 12.2. The number of hydrogen-bond donors (Lipinski definition) is 3. The van der Waals surface area contributed by atoms with Crippen molar-refractivity contribution in [1.29, 1.82) is 0 Å². The molecule has 1 aromatic rings. The van der Waals surface area contributed by atoms with Crippen LogP contribution in [0.15, 0.2) is 4.79 Å². The number of carbonyl (C=O) groups excluding carboxylic acids is 2. The first kappa shape index (κ1) is 15.2. The number of aryl methyl sites for hydroxylation is 1. The van der Waals surface area contributed by atoms with E-state index in [1.165, 1.54) is 0 Å². The summed E-state index contributed by atoms with van der Waals surface area (Å²) in [5.74, 6) is 0.191. The number of piperidine rings is 1. The van der Waals surface area contributed by atoms with Gasteiger partial charge in [-0.2, -0.15) is 0 Å². The number of carbonyl (C=O) groups is 2. The molecule has 1 atom stereocenters. The number of amides is 2. The molecule has 1 aliphatic heterocycles. The van der Waals surface area contributed by atoms with Crippen LogP contribution < -0.4 is 16.2 Å². The van der Waals surface area contributed by atoms with E-state index in [9.17, 15) is 14.4 Å². The van der Waals surface area contributed by atoms with Gasteiger partial charge in [0.25, 0.3) is 11.5 Å². The van der Waals surface area contributed by atoms with Crippen molar-refractivity contribution >= 4 is 11.8 Å². The molecule has 0 radical (unpaired) electrons. The average molecular weight is 292 g/mol. The molecule has 0 aliphatic carbocycles. The van der Waals surface area contributed by atoms with E-state index in [0.29, 0.717) is 30.9 Å². The number of nitrogens with one attached hydrogen (secondary N) is 3. The Kier molecular flexibility index (Phi) is 4.40. The van der Waals surface area contributed by atoms with E-state index < -0.39 is 11.5 Å². The van der Waals surface area contributed by atoms with Gasteiger partial charge in [-0.3, -0.25) is 14.4 Å². The summed E-state index contributed by atoms with van der Waals surface area (Å²) in [6.07, 6.45) is 0.955. The second kappa shape index (κ2) is 6.07. The standard InChI is InChI=1S/C14H20N4O3/c1-7(2)12-16-8(3)11(14(21)18-12)13(20)17-9-4-5-10(19)15-6-9/h7,9H,4-6H2,1-3H3,(H,15,19)(H,17,20)(H,16,18,21). The molecule has 2 heterocycles. The second-order valence-corrected chi connectivity index (χ2v) is 5.58. The highest BCUT2D eigenvalue weighted by Crippen LogP contribution is 2.09. The van der Waals surface area contributed by atoms with Gasteiger partial charge in [0, 0.05) is 24.9 Å². The first-order valence-corrected chi connectivity index (χ1v) is 7.07. The minimum atomic E-state index is -0.447. The smallest absolute Gasteiger partial charge is 0.264 e. The molecule has 114 valence electrons. The first-order valence-electron chi connectivity index (χ1n) is 7.07. The van der Waals surface area contributed by atoms with Crippen LogP contribution in [0.25, 0.3) is 0 Å². The van der Waals surface area contributed by atoms with Gasteiger partial charge in [-0.25, -0.2) is 4.98 Å². The van der Waals surface area contributed by atoms with E-state index in [1.807, 2.05) is 13.8 Å². The molecule has 1 aliphatic rings. The van der Waals surface area contributed by atoms with Crippen LogP contribution >= 0.6 is 0 Å². The van der Waals surface area contributed by atoms with Gasteiger partial charge in [-0.15, -0.1) is 0 Å². The second-order valence-electron chi connectivity index (χ2n) is 5.58. The van der Waals surface area contributed by atoms with E-state index in [0.717, 1.165) is 0 Å². The lowest BCUT2D eigenvalue weighted by Gasteiger charge is -2.23. The van der Waals surface area contributed by atoms with E-state index in [-0.39, 0.29) is 23.4 Å². The summed E-state index contributed by atoms with van der Waals surface area (Å²) in [4.78, 5) is 42.3. The molecule has 0 spiro atoms. The van der Waals surface area contributed by atoms with Crippen molar-refractivity contribution in [3.63, 3.8) is 0 Å². The predicted molar refractivity (Wildman–Crippen MR) is 77.2 cm³/mol. The van der Waals surface area contributed by atoms with Gasteiger partial charge < -0.3 is 15.6 Å². The lowest BCUT2D eigenvalue weighted by molar-refractivity contribution is -0.122. The molecular formula is C14H20N4O3. The Morgan fingerprint density at radius 3 is 2.62 bits per heavy atom. The SMILES string of the molecule is Cc1nc(C(C)C)[nH]c(=O)c1C(=O)NC1CCC(=O)NC1. The lowest BCUT2D eigenvalue weighted by atomic mass is 10.1. The Morgan fingerprint density at radius 2 is 2.10 bits per heavy atom. The molecule has 0 aromatic carbocycles. The van der Waals surface area contributed by atoms with Crippen LogP contribution in [-0.4, -0.2) is 34.4 Å². The third-order valence-electron chi connectivity index (χ3n) is 3.49. The Bertz CT molecular complexity index is 611. The summed E-state index contributed by atoms with van der Waals surface area (Å²) in [5.41, 5.74) is 0.0274. The summed E-state index contributed by atoms with van der Waals surface area (Å²) in [7, 11) is 0. The molecular weight excluding hydrogens is 272 g/mol. The largest absolute Gasteiger partial charge is 0.354 e. The molecule has 2 rings (SSSR count). The molecule has 1 fully saturated rings. The van der Waals surface area contributed by atoms with Crippen molar-refractivity contribution in [2.45, 2.75) is 45.6 Å². The highest BCUT2D eigenvalue weighted by atomic mass is 16.2. The van der Waals surface area contributed by atoms with Crippen molar-refractivity contribution in [1.82, 2.24) is 20.6 Å². The number of H-pyrrole nitrogens is 1. The molecule has 1 saturated heterocycles. The van der Waals surface area contributed by atoms with E-state index in [4.69, 9.17) is 0 Å². The van der Waals surface area contributed by atoms with E-state index >= 15 is 0 Å². The minimum absolute atomic E-state index is 0.0162. The zero-order valence-electron chi connectivity index (χ0n) is 12.4. The molecule has 0 saturated carbocycles. The molecule has 0 bridgehead atoms. The molecule has 1 aromatic heterocycles. The third kappa shape index (κ3) is 3.48. The van der Waals surface area contributed by atoms with Gasteiger partial charge in [0.1, 0.15) is 11.4 Å². The monoisotopic (exact) mass is 292 g/mol. The molecule has 2 amide bonds.